The average Bonchev–Trinajstić information content (AvgIpc) is 2.73. The predicted octanol–water partition coefficient (Wildman–Crippen LogP) is 0.379. The van der Waals surface area contributed by atoms with E-state index in [2.05, 4.69) is 10.4 Å². The zero-order chi connectivity index (χ0) is 13.5. The molecule has 6 heteroatoms. The van der Waals surface area contributed by atoms with Crippen molar-refractivity contribution in [1.82, 2.24) is 15.1 Å². The fraction of sp³-hybridized carbons (Fsp3) is 0.667. The van der Waals surface area contributed by atoms with Gasteiger partial charge in [-0.3, -0.25) is 9.48 Å². The van der Waals surface area contributed by atoms with Crippen LogP contribution >= 0.6 is 0 Å². The molecule has 1 aromatic rings. The van der Waals surface area contributed by atoms with Gasteiger partial charge in [0.1, 0.15) is 12.4 Å². The smallest absolute Gasteiger partial charge is 0.241 e. The van der Waals surface area contributed by atoms with Crippen molar-refractivity contribution in [3.05, 3.63) is 12.3 Å². The quantitative estimate of drug-likeness (QED) is 0.655. The first-order chi connectivity index (χ1) is 8.56. The summed E-state index contributed by atoms with van der Waals surface area (Å²) in [5.41, 5.74) is 5.45. The molecule has 6 nitrogen and oxygen atoms in total. The molecule has 1 heterocycles. The van der Waals surface area contributed by atoms with Crippen molar-refractivity contribution in [3.63, 3.8) is 0 Å². The number of anilines is 1. The molecule has 0 aliphatic rings. The van der Waals surface area contributed by atoms with Gasteiger partial charge in [0.2, 0.25) is 5.91 Å². The van der Waals surface area contributed by atoms with E-state index in [1.807, 2.05) is 13.8 Å². The molecule has 1 aromatic heterocycles. The monoisotopic (exact) mass is 254 g/mol. The summed E-state index contributed by atoms with van der Waals surface area (Å²) in [6.45, 7) is 4.46. The van der Waals surface area contributed by atoms with Gasteiger partial charge in [-0.2, -0.15) is 5.10 Å². The Morgan fingerprint density at radius 1 is 1.56 bits per heavy atom. The minimum atomic E-state index is -0.494. The third kappa shape index (κ3) is 4.37. The molecule has 0 saturated heterocycles. The summed E-state index contributed by atoms with van der Waals surface area (Å²) in [7, 11) is 0. The molecule has 18 heavy (non-hydrogen) atoms. The largest absolute Gasteiger partial charge is 0.391 e. The Balaban J connectivity index is 2.32. The summed E-state index contributed by atoms with van der Waals surface area (Å²) in [5.74, 6) is 0.439. The van der Waals surface area contributed by atoms with E-state index in [0.717, 1.165) is 12.8 Å². The molecule has 1 unspecified atom stereocenters. The number of amides is 1. The lowest BCUT2D eigenvalue weighted by Gasteiger charge is -2.20. The highest BCUT2D eigenvalue weighted by Gasteiger charge is 2.16. The van der Waals surface area contributed by atoms with Crippen LogP contribution in [0, 0.1) is 5.92 Å². The third-order valence-corrected chi connectivity index (χ3v) is 3.07. The van der Waals surface area contributed by atoms with Crippen LogP contribution in [-0.2, 0) is 11.3 Å². The molecule has 0 aliphatic heterocycles. The maximum Gasteiger partial charge on any atom is 0.241 e. The number of hydrogen-bond donors (Lipinski definition) is 3. The van der Waals surface area contributed by atoms with E-state index < -0.39 is 6.10 Å². The number of nitrogens with one attached hydrogen (secondary N) is 1. The summed E-state index contributed by atoms with van der Waals surface area (Å²) in [6.07, 6.45) is 2.96. The molecule has 0 radical (unpaired) electrons. The van der Waals surface area contributed by atoms with Gasteiger partial charge in [0.25, 0.3) is 0 Å². The van der Waals surface area contributed by atoms with Crippen molar-refractivity contribution in [2.75, 3.05) is 12.3 Å². The van der Waals surface area contributed by atoms with E-state index in [9.17, 15) is 9.90 Å². The summed E-state index contributed by atoms with van der Waals surface area (Å²) in [6, 6.07) is 1.63. The molecule has 1 amide bonds. The Kier molecular flexibility index (Phi) is 5.64. The van der Waals surface area contributed by atoms with Crippen molar-refractivity contribution in [2.45, 2.75) is 39.3 Å². The van der Waals surface area contributed by atoms with Crippen molar-refractivity contribution in [1.29, 1.82) is 0 Å². The predicted molar refractivity (Wildman–Crippen MR) is 69.7 cm³/mol. The van der Waals surface area contributed by atoms with Crippen LogP contribution in [-0.4, -0.2) is 33.4 Å². The van der Waals surface area contributed by atoms with E-state index in [0.29, 0.717) is 5.82 Å². The van der Waals surface area contributed by atoms with E-state index in [1.54, 1.807) is 12.3 Å². The molecule has 4 N–H and O–H groups in total. The lowest BCUT2D eigenvalue weighted by atomic mass is 9.96. The first-order valence-corrected chi connectivity index (χ1v) is 6.30. The lowest BCUT2D eigenvalue weighted by Crippen LogP contribution is -2.37. The molecule has 1 atom stereocenters. The van der Waals surface area contributed by atoms with Gasteiger partial charge >= 0.3 is 0 Å². The molecule has 0 aromatic carbocycles. The number of aliphatic hydroxyl groups excluding tert-OH is 1. The number of carbonyl (C=O) groups excluding carboxylic acids is 1. The number of nitrogen functional groups attached to an aromatic ring is 1. The minimum Gasteiger partial charge on any atom is -0.391 e. The van der Waals surface area contributed by atoms with Gasteiger partial charge < -0.3 is 16.2 Å². The fourth-order valence-electron chi connectivity index (χ4n) is 1.89. The van der Waals surface area contributed by atoms with Gasteiger partial charge in [-0.25, -0.2) is 0 Å². The molecule has 0 aliphatic carbocycles. The van der Waals surface area contributed by atoms with Gasteiger partial charge in [0.05, 0.1) is 6.10 Å². The SMILES string of the molecule is CCC(CC)C(O)CNC(=O)Cn1ccc(N)n1. The van der Waals surface area contributed by atoms with Crippen LogP contribution in [0.1, 0.15) is 26.7 Å². The number of aliphatic hydroxyl groups is 1. The van der Waals surface area contributed by atoms with Crippen LogP contribution in [0.3, 0.4) is 0 Å². The minimum absolute atomic E-state index is 0.118. The Morgan fingerprint density at radius 2 is 2.22 bits per heavy atom. The topological polar surface area (TPSA) is 93.2 Å². The van der Waals surface area contributed by atoms with E-state index in [4.69, 9.17) is 5.73 Å². The number of nitrogens with zero attached hydrogens (tertiary/aromatic N) is 2. The van der Waals surface area contributed by atoms with Crippen LogP contribution in [0.25, 0.3) is 0 Å². The lowest BCUT2D eigenvalue weighted by molar-refractivity contribution is -0.122. The highest BCUT2D eigenvalue weighted by molar-refractivity contribution is 5.75. The van der Waals surface area contributed by atoms with Crippen molar-refractivity contribution >= 4 is 11.7 Å². The standard InChI is InChI=1S/C12H22N4O2/c1-3-9(4-2)10(17)7-14-12(18)8-16-6-5-11(13)15-16/h5-6,9-10,17H,3-4,7-8H2,1-2H3,(H2,13,15)(H,14,18). The van der Waals surface area contributed by atoms with Gasteiger partial charge in [-0.1, -0.05) is 26.7 Å². The molecule has 0 spiro atoms. The van der Waals surface area contributed by atoms with Crippen molar-refractivity contribution in [3.8, 4) is 0 Å². The van der Waals surface area contributed by atoms with E-state index >= 15 is 0 Å². The Hall–Kier alpha value is -1.56. The first-order valence-electron chi connectivity index (χ1n) is 6.30. The molecule has 0 bridgehead atoms. The Morgan fingerprint density at radius 3 is 2.72 bits per heavy atom. The molecule has 1 rings (SSSR count). The number of nitrogens with two attached hydrogens (primary N) is 1. The molecule has 102 valence electrons. The summed E-state index contributed by atoms with van der Waals surface area (Å²) in [4.78, 5) is 11.6. The van der Waals surface area contributed by atoms with Crippen LogP contribution < -0.4 is 11.1 Å². The fourth-order valence-corrected chi connectivity index (χ4v) is 1.89. The van der Waals surface area contributed by atoms with Crippen LogP contribution in [0.15, 0.2) is 12.3 Å². The summed E-state index contributed by atoms with van der Waals surface area (Å²) >= 11 is 0. The second-order valence-corrected chi connectivity index (χ2v) is 4.39. The highest BCUT2D eigenvalue weighted by Crippen LogP contribution is 2.12. The third-order valence-electron chi connectivity index (χ3n) is 3.07. The zero-order valence-corrected chi connectivity index (χ0v) is 11.0. The molecular formula is C12H22N4O2. The number of rotatable bonds is 7. The zero-order valence-electron chi connectivity index (χ0n) is 11.0. The van der Waals surface area contributed by atoms with E-state index in [1.165, 1.54) is 4.68 Å². The molecule has 0 saturated carbocycles. The second-order valence-electron chi connectivity index (χ2n) is 4.39. The summed E-state index contributed by atoms with van der Waals surface area (Å²) < 4.78 is 1.47. The normalized spacial score (nSPS) is 12.7. The number of aromatic nitrogens is 2. The Labute approximate surface area is 107 Å². The first kappa shape index (κ1) is 14.5. The number of hydrogen-bond acceptors (Lipinski definition) is 4. The second kappa shape index (κ2) is 7.00. The highest BCUT2D eigenvalue weighted by atomic mass is 16.3. The summed E-state index contributed by atoms with van der Waals surface area (Å²) in [5, 5.41) is 16.5. The van der Waals surface area contributed by atoms with Gasteiger partial charge in [-0.15, -0.1) is 0 Å². The van der Waals surface area contributed by atoms with Crippen molar-refractivity contribution in [2.24, 2.45) is 5.92 Å². The molecular weight excluding hydrogens is 232 g/mol. The number of carbonyl (C=O) groups is 1. The maximum absolute atomic E-state index is 11.6. The van der Waals surface area contributed by atoms with Crippen LogP contribution in [0.2, 0.25) is 0 Å². The van der Waals surface area contributed by atoms with Gasteiger partial charge in [0, 0.05) is 12.7 Å². The maximum atomic E-state index is 11.6. The van der Waals surface area contributed by atoms with Gasteiger partial charge in [0.15, 0.2) is 0 Å². The average molecular weight is 254 g/mol. The van der Waals surface area contributed by atoms with Crippen molar-refractivity contribution < 1.29 is 9.90 Å². The Bertz CT molecular complexity index is 374. The van der Waals surface area contributed by atoms with Crippen LogP contribution in [0.4, 0.5) is 5.82 Å². The van der Waals surface area contributed by atoms with Crippen LogP contribution in [0.5, 0.6) is 0 Å². The van der Waals surface area contributed by atoms with Gasteiger partial charge in [-0.05, 0) is 12.0 Å². The van der Waals surface area contributed by atoms with E-state index in [-0.39, 0.29) is 24.9 Å². The molecule has 0 fully saturated rings.